The minimum Gasteiger partial charge on any atom is -0.496 e. The number of nitrogens with zero attached hydrogens (tertiary/aromatic N) is 3. The normalized spacial score (nSPS) is 10.7. The molecule has 0 bridgehead atoms. The average molecular weight is 664 g/mol. The molecule has 0 saturated heterocycles. The van der Waals surface area contributed by atoms with Crippen LogP contribution in [0.25, 0.3) is 0 Å². The van der Waals surface area contributed by atoms with Crippen molar-refractivity contribution < 1.29 is 14.2 Å². The van der Waals surface area contributed by atoms with Gasteiger partial charge in [-0.15, -0.1) is 0 Å². The lowest BCUT2D eigenvalue weighted by Crippen LogP contribution is -2.23. The van der Waals surface area contributed by atoms with Gasteiger partial charge in [0.15, 0.2) is 11.5 Å². The van der Waals surface area contributed by atoms with Crippen LogP contribution in [0.3, 0.4) is 0 Å². The lowest BCUT2D eigenvalue weighted by atomic mass is 10.0. The molecule has 4 aromatic carbocycles. The number of benzene rings is 4. The Labute approximate surface area is 258 Å². The molecule has 0 spiro atoms. The van der Waals surface area contributed by atoms with Gasteiger partial charge in [0.05, 0.1) is 78.6 Å². The zero-order valence-electron chi connectivity index (χ0n) is 24.6. The number of halogens is 1. The van der Waals surface area contributed by atoms with Gasteiger partial charge in [0, 0.05) is 12.2 Å². The van der Waals surface area contributed by atoms with E-state index < -0.39 is 0 Å². The summed E-state index contributed by atoms with van der Waals surface area (Å²) in [5.74, 6) is 2.73. The minimum atomic E-state index is 0.169. The molecule has 7 heteroatoms. The van der Waals surface area contributed by atoms with E-state index >= 15 is 0 Å². The van der Waals surface area contributed by atoms with E-state index in [1.165, 1.54) is 0 Å². The number of hydrogen-bond acceptors (Lipinski definition) is 6. The molecule has 214 valence electrons. The van der Waals surface area contributed by atoms with Crippen molar-refractivity contribution in [3.8, 4) is 29.1 Å². The minimum absolute atomic E-state index is 0.169. The Morgan fingerprint density at radius 3 is 1.80 bits per heavy atom. The second kappa shape index (κ2) is 15.8. The Kier molecular flexibility index (Phi) is 12.2. The van der Waals surface area contributed by atoms with Gasteiger partial charge < -0.3 is 22.2 Å². The molecule has 0 aromatic heterocycles. The summed E-state index contributed by atoms with van der Waals surface area (Å²) in [5, 5.41) is 9.62. The third kappa shape index (κ3) is 7.06. The Bertz CT molecular complexity index is 1440. The highest BCUT2D eigenvalue weighted by Crippen LogP contribution is 2.54. The van der Waals surface area contributed by atoms with E-state index in [1.807, 2.05) is 88.4 Å². The number of anilines is 3. The summed E-state index contributed by atoms with van der Waals surface area (Å²) in [5.41, 5.74) is 5.73. The zero-order chi connectivity index (χ0) is 29.8. The molecule has 1 heterocycles. The van der Waals surface area contributed by atoms with Gasteiger partial charge in [0.2, 0.25) is 0 Å². The molecule has 0 N–H and O–H groups in total. The number of methoxy groups -OCH3 is 2. The van der Waals surface area contributed by atoms with E-state index in [0.29, 0.717) is 30.3 Å². The van der Waals surface area contributed by atoms with E-state index in [0.717, 1.165) is 39.5 Å². The first kappa shape index (κ1) is 31.6. The fraction of sp³-hybridized carbons (Fsp3) is 0.265. The first-order valence-electron chi connectivity index (χ1n) is 13.9. The summed E-state index contributed by atoms with van der Waals surface area (Å²) < 4.78 is 20.3. The second-order valence-corrected chi connectivity index (χ2v) is 9.72. The van der Waals surface area contributed by atoms with E-state index in [9.17, 15) is 5.26 Å². The summed E-state index contributed by atoms with van der Waals surface area (Å²) in [4.78, 5) is 2.24. The number of fused-ring (bicyclic) bond motifs is 2. The van der Waals surface area contributed by atoms with Crippen molar-refractivity contribution in [1.82, 2.24) is 0 Å². The lowest BCUT2D eigenvalue weighted by Gasteiger charge is -2.36. The Hall–Kier alpha value is -3.90. The Morgan fingerprint density at radius 1 is 0.756 bits per heavy atom. The zero-order valence-corrected chi connectivity index (χ0v) is 26.8. The molecular formula is C34H38IN3O3. The van der Waals surface area contributed by atoms with Crippen LogP contribution >= 0.6 is 22.9 Å². The van der Waals surface area contributed by atoms with Crippen LogP contribution in [0, 0.1) is 11.3 Å². The maximum atomic E-state index is 9.62. The Balaban J connectivity index is 0.00000111. The van der Waals surface area contributed by atoms with Crippen LogP contribution in [0.2, 0.25) is 0 Å². The molecular weight excluding hydrogens is 625 g/mol. The highest BCUT2D eigenvalue weighted by molar-refractivity contribution is 14.1. The van der Waals surface area contributed by atoms with Crippen molar-refractivity contribution in [1.29, 1.82) is 5.26 Å². The van der Waals surface area contributed by atoms with Crippen molar-refractivity contribution in [2.75, 3.05) is 22.2 Å². The molecule has 5 rings (SSSR count). The predicted molar refractivity (Wildman–Crippen MR) is 177 cm³/mol. The maximum Gasteiger partial charge on any atom is 0.159 e. The van der Waals surface area contributed by atoms with Gasteiger partial charge in [0.25, 0.3) is 0 Å². The van der Waals surface area contributed by atoms with Crippen LogP contribution in [-0.4, -0.2) is 14.2 Å². The summed E-state index contributed by atoms with van der Waals surface area (Å²) >= 11 is 2.32. The molecule has 6 nitrogen and oxygen atoms in total. The predicted octanol–water partition coefficient (Wildman–Crippen LogP) is 9.62. The van der Waals surface area contributed by atoms with Crippen molar-refractivity contribution in [2.24, 2.45) is 0 Å². The topological polar surface area (TPSA) is 58.0 Å². The standard InChI is InChI=1S/C30H26IN3O3.2C2H6/c1-35-27-15-13-25-29(23(27)17-18-32)37-30-24(20-34(31)22-11-7-4-8-12-22)28(36-2)16-14-26(30)33(25)19-21-9-5-3-6-10-21;2*1-2/h3-16H,17,19-20H2,1-2H3;2*1-2H3. The number of ether oxygens (including phenoxy) is 3. The molecule has 0 aliphatic carbocycles. The lowest BCUT2D eigenvalue weighted by molar-refractivity contribution is 0.393. The van der Waals surface area contributed by atoms with Crippen LogP contribution in [-0.2, 0) is 19.5 Å². The molecule has 0 fully saturated rings. The van der Waals surface area contributed by atoms with Gasteiger partial charge >= 0.3 is 0 Å². The summed E-state index contributed by atoms with van der Waals surface area (Å²) in [6, 6.07) is 30.7. The molecule has 0 radical (unpaired) electrons. The van der Waals surface area contributed by atoms with E-state index in [-0.39, 0.29) is 6.42 Å². The highest BCUT2D eigenvalue weighted by atomic mass is 127. The summed E-state index contributed by atoms with van der Waals surface area (Å²) in [7, 11) is 3.29. The third-order valence-corrected chi connectivity index (χ3v) is 7.29. The van der Waals surface area contributed by atoms with Crippen molar-refractivity contribution in [2.45, 2.75) is 47.2 Å². The fourth-order valence-corrected chi connectivity index (χ4v) is 5.28. The van der Waals surface area contributed by atoms with Gasteiger partial charge in [-0.1, -0.05) is 76.2 Å². The van der Waals surface area contributed by atoms with Gasteiger partial charge in [-0.2, -0.15) is 5.26 Å². The highest BCUT2D eigenvalue weighted by Gasteiger charge is 2.32. The number of nitriles is 1. The number of para-hydroxylation sites is 1. The molecule has 4 aromatic rings. The molecule has 0 atom stereocenters. The first-order valence-corrected chi connectivity index (χ1v) is 14.9. The van der Waals surface area contributed by atoms with E-state index in [2.05, 4.69) is 61.2 Å². The van der Waals surface area contributed by atoms with Gasteiger partial charge in [-0.05, 0) is 42.0 Å². The third-order valence-electron chi connectivity index (χ3n) is 6.39. The van der Waals surface area contributed by atoms with Crippen LogP contribution in [0.1, 0.15) is 44.4 Å². The average Bonchev–Trinajstić information content (AvgIpc) is 3.04. The monoisotopic (exact) mass is 663 g/mol. The van der Waals surface area contributed by atoms with Gasteiger partial charge in [0.1, 0.15) is 11.5 Å². The van der Waals surface area contributed by atoms with Crippen molar-refractivity contribution in [3.63, 3.8) is 0 Å². The molecule has 0 amide bonds. The van der Waals surface area contributed by atoms with Gasteiger partial charge in [-0.3, -0.25) is 0 Å². The first-order chi connectivity index (χ1) is 20.1. The van der Waals surface area contributed by atoms with Crippen molar-refractivity contribution in [3.05, 3.63) is 102 Å². The van der Waals surface area contributed by atoms with Crippen LogP contribution in [0.5, 0.6) is 23.0 Å². The smallest absolute Gasteiger partial charge is 0.159 e. The van der Waals surface area contributed by atoms with Crippen LogP contribution in [0.4, 0.5) is 17.1 Å². The number of rotatable bonds is 8. The molecule has 41 heavy (non-hydrogen) atoms. The largest absolute Gasteiger partial charge is 0.496 e. The van der Waals surface area contributed by atoms with Gasteiger partial charge in [-0.25, -0.2) is 0 Å². The molecule has 1 aliphatic heterocycles. The summed E-state index contributed by atoms with van der Waals surface area (Å²) in [6.07, 6.45) is 0.169. The van der Waals surface area contributed by atoms with E-state index in [1.54, 1.807) is 14.2 Å². The second-order valence-electron chi connectivity index (χ2n) is 8.55. The SMILES string of the molecule is CC.CC.COc1ccc2c(c1CC#N)Oc1c(ccc(OC)c1CN(I)c1ccccc1)N2Cc1ccccc1. The molecule has 0 unspecified atom stereocenters. The quantitative estimate of drug-likeness (QED) is 0.138. The maximum absolute atomic E-state index is 9.62. The van der Waals surface area contributed by atoms with Crippen LogP contribution < -0.4 is 22.2 Å². The van der Waals surface area contributed by atoms with E-state index in [4.69, 9.17) is 14.2 Å². The Morgan fingerprint density at radius 2 is 1.27 bits per heavy atom. The summed E-state index contributed by atoms with van der Waals surface area (Å²) in [6.45, 7) is 9.20. The fourth-order valence-electron chi connectivity index (χ4n) is 4.61. The molecule has 0 saturated carbocycles. The molecule has 1 aliphatic rings. The van der Waals surface area contributed by atoms with Crippen LogP contribution in [0.15, 0.2) is 84.9 Å². The van der Waals surface area contributed by atoms with Crippen molar-refractivity contribution >= 4 is 39.9 Å². The number of hydrogen-bond donors (Lipinski definition) is 0.